The minimum Gasteiger partial charge on any atom is -0.490 e. The molecule has 1 aromatic carbocycles. The van der Waals surface area contributed by atoms with E-state index in [2.05, 4.69) is 20.0 Å². The Bertz CT molecular complexity index is 956. The second kappa shape index (κ2) is 10.2. The van der Waals surface area contributed by atoms with Crippen LogP contribution in [0, 0.1) is 0 Å². The number of rotatable bonds is 9. The summed E-state index contributed by atoms with van der Waals surface area (Å²) in [6, 6.07) is 9.96. The highest BCUT2D eigenvalue weighted by atomic mass is 32.2. The molecule has 0 aliphatic heterocycles. The summed E-state index contributed by atoms with van der Waals surface area (Å²) in [7, 11) is 0. The van der Waals surface area contributed by atoms with Crippen LogP contribution in [0.3, 0.4) is 0 Å². The van der Waals surface area contributed by atoms with Crippen LogP contribution in [-0.4, -0.2) is 34.8 Å². The Hall–Kier alpha value is -2.72. The van der Waals surface area contributed by atoms with E-state index in [-0.39, 0.29) is 29.8 Å². The first-order valence-electron chi connectivity index (χ1n) is 8.56. The van der Waals surface area contributed by atoms with Crippen LogP contribution in [0.1, 0.15) is 6.92 Å². The Morgan fingerprint density at radius 1 is 1.28 bits per heavy atom. The standard InChI is InChI=1S/C19H17F2N3O3S2/c1-2-26-15-10-12(5-6-14(15)27-18(20)21)23-17(25)11-29-19-22-8-7-13(24-19)16-4-3-9-28-16/h3-10,18H,2,11H2,1H3,(H,23,25). The molecule has 6 nitrogen and oxygen atoms in total. The zero-order valence-corrected chi connectivity index (χ0v) is 16.9. The molecule has 152 valence electrons. The first-order chi connectivity index (χ1) is 14.0. The lowest BCUT2D eigenvalue weighted by Crippen LogP contribution is -2.14. The summed E-state index contributed by atoms with van der Waals surface area (Å²) in [6.07, 6.45) is 1.65. The molecule has 0 unspecified atom stereocenters. The van der Waals surface area contributed by atoms with E-state index < -0.39 is 6.61 Å². The van der Waals surface area contributed by atoms with Crippen molar-refractivity contribution in [3.8, 4) is 22.1 Å². The Kier molecular flexibility index (Phi) is 7.36. The molecule has 0 saturated carbocycles. The average molecular weight is 437 g/mol. The highest BCUT2D eigenvalue weighted by Gasteiger charge is 2.13. The summed E-state index contributed by atoms with van der Waals surface area (Å²) in [5, 5.41) is 5.15. The maximum atomic E-state index is 12.5. The SMILES string of the molecule is CCOc1cc(NC(=O)CSc2nccc(-c3cccs3)n2)ccc1OC(F)F. The van der Waals surface area contributed by atoms with E-state index in [9.17, 15) is 13.6 Å². The molecule has 0 aliphatic rings. The molecule has 1 amide bonds. The largest absolute Gasteiger partial charge is 0.490 e. The van der Waals surface area contributed by atoms with Crippen LogP contribution in [0.25, 0.3) is 10.6 Å². The number of alkyl halides is 2. The van der Waals surface area contributed by atoms with E-state index in [1.807, 2.05) is 23.6 Å². The molecular formula is C19H17F2N3O3S2. The number of thioether (sulfide) groups is 1. The van der Waals surface area contributed by atoms with E-state index in [1.165, 1.54) is 30.0 Å². The van der Waals surface area contributed by atoms with Gasteiger partial charge in [0, 0.05) is 18.0 Å². The topological polar surface area (TPSA) is 73.3 Å². The molecule has 10 heteroatoms. The van der Waals surface area contributed by atoms with Gasteiger partial charge in [-0.25, -0.2) is 9.97 Å². The molecule has 3 rings (SSSR count). The van der Waals surface area contributed by atoms with Gasteiger partial charge in [0.25, 0.3) is 0 Å². The third-order valence-corrected chi connectivity index (χ3v) is 5.24. The first-order valence-corrected chi connectivity index (χ1v) is 10.4. The van der Waals surface area contributed by atoms with Crippen LogP contribution >= 0.6 is 23.1 Å². The summed E-state index contributed by atoms with van der Waals surface area (Å²) < 4.78 is 34.7. The smallest absolute Gasteiger partial charge is 0.387 e. The average Bonchev–Trinajstić information content (AvgIpc) is 3.23. The maximum Gasteiger partial charge on any atom is 0.387 e. The zero-order chi connectivity index (χ0) is 20.6. The van der Waals surface area contributed by atoms with Crippen molar-refractivity contribution in [2.75, 3.05) is 17.7 Å². The van der Waals surface area contributed by atoms with Crippen molar-refractivity contribution in [2.24, 2.45) is 0 Å². The summed E-state index contributed by atoms with van der Waals surface area (Å²) in [5.74, 6) is -0.156. The van der Waals surface area contributed by atoms with Crippen LogP contribution in [0.5, 0.6) is 11.5 Å². The Balaban J connectivity index is 1.61. The van der Waals surface area contributed by atoms with Gasteiger partial charge in [0.05, 0.1) is 22.9 Å². The van der Waals surface area contributed by atoms with Crippen molar-refractivity contribution in [1.29, 1.82) is 0 Å². The van der Waals surface area contributed by atoms with Crippen LogP contribution in [-0.2, 0) is 4.79 Å². The molecule has 1 N–H and O–H groups in total. The molecule has 0 fully saturated rings. The fraction of sp³-hybridized carbons (Fsp3) is 0.211. The van der Waals surface area contributed by atoms with Crippen molar-refractivity contribution in [3.05, 3.63) is 48.0 Å². The molecule has 2 aromatic heterocycles. The number of anilines is 1. The minimum absolute atomic E-state index is 0.0898. The highest BCUT2D eigenvalue weighted by molar-refractivity contribution is 7.99. The lowest BCUT2D eigenvalue weighted by Gasteiger charge is -2.13. The van der Waals surface area contributed by atoms with Gasteiger partial charge in [0.15, 0.2) is 16.7 Å². The van der Waals surface area contributed by atoms with Gasteiger partial charge in [-0.15, -0.1) is 11.3 Å². The molecule has 2 heterocycles. The molecule has 0 atom stereocenters. The van der Waals surface area contributed by atoms with Crippen molar-refractivity contribution in [2.45, 2.75) is 18.7 Å². The number of hydrogen-bond donors (Lipinski definition) is 1. The number of carbonyl (C=O) groups is 1. The third-order valence-electron chi connectivity index (χ3n) is 3.48. The number of nitrogens with one attached hydrogen (secondary N) is 1. The number of thiophene rings is 1. The molecule has 0 aliphatic carbocycles. The Morgan fingerprint density at radius 3 is 2.86 bits per heavy atom. The number of amides is 1. The quantitative estimate of drug-likeness (QED) is 0.378. The van der Waals surface area contributed by atoms with Gasteiger partial charge >= 0.3 is 6.61 Å². The van der Waals surface area contributed by atoms with Gasteiger partial charge in [-0.05, 0) is 36.6 Å². The molecule has 0 bridgehead atoms. The Labute approximate surface area is 174 Å². The molecular weight excluding hydrogens is 420 g/mol. The van der Waals surface area contributed by atoms with E-state index in [1.54, 1.807) is 24.5 Å². The van der Waals surface area contributed by atoms with Gasteiger partial charge in [0.1, 0.15) is 0 Å². The number of aromatic nitrogens is 2. The normalized spacial score (nSPS) is 10.8. The molecule has 0 radical (unpaired) electrons. The van der Waals surface area contributed by atoms with E-state index in [4.69, 9.17) is 4.74 Å². The fourth-order valence-corrected chi connectivity index (χ4v) is 3.67. The third kappa shape index (κ3) is 6.13. The predicted molar refractivity (Wildman–Crippen MR) is 109 cm³/mol. The first kappa shape index (κ1) is 21.0. The lowest BCUT2D eigenvalue weighted by atomic mass is 10.2. The predicted octanol–water partition coefficient (Wildman–Crippen LogP) is 4.94. The van der Waals surface area contributed by atoms with Gasteiger partial charge in [-0.1, -0.05) is 17.8 Å². The lowest BCUT2D eigenvalue weighted by molar-refractivity contribution is -0.113. The van der Waals surface area contributed by atoms with Crippen LogP contribution in [0.4, 0.5) is 14.5 Å². The highest BCUT2D eigenvalue weighted by Crippen LogP contribution is 2.32. The molecule has 0 saturated heterocycles. The second-order valence-corrected chi connectivity index (χ2v) is 7.40. The van der Waals surface area contributed by atoms with Crippen molar-refractivity contribution in [1.82, 2.24) is 9.97 Å². The van der Waals surface area contributed by atoms with Crippen molar-refractivity contribution in [3.63, 3.8) is 0 Å². The van der Waals surface area contributed by atoms with Crippen LogP contribution in [0.15, 0.2) is 53.1 Å². The zero-order valence-electron chi connectivity index (χ0n) is 15.3. The maximum absolute atomic E-state index is 12.5. The fourth-order valence-electron chi connectivity index (χ4n) is 2.35. The number of carbonyl (C=O) groups excluding carboxylic acids is 1. The summed E-state index contributed by atoms with van der Waals surface area (Å²) >= 11 is 2.77. The summed E-state index contributed by atoms with van der Waals surface area (Å²) in [5.41, 5.74) is 1.21. The van der Waals surface area contributed by atoms with Gasteiger partial charge in [-0.2, -0.15) is 8.78 Å². The number of halogens is 2. The summed E-state index contributed by atoms with van der Waals surface area (Å²) in [6.45, 7) is -0.973. The number of hydrogen-bond acceptors (Lipinski definition) is 7. The monoisotopic (exact) mass is 437 g/mol. The van der Waals surface area contributed by atoms with Crippen LogP contribution < -0.4 is 14.8 Å². The van der Waals surface area contributed by atoms with Gasteiger partial charge < -0.3 is 14.8 Å². The number of benzene rings is 1. The number of nitrogens with zero attached hydrogens (tertiary/aromatic N) is 2. The molecule has 3 aromatic rings. The van der Waals surface area contributed by atoms with Crippen molar-refractivity contribution < 1.29 is 23.0 Å². The minimum atomic E-state index is -2.96. The van der Waals surface area contributed by atoms with Crippen molar-refractivity contribution >= 4 is 34.7 Å². The van der Waals surface area contributed by atoms with Gasteiger partial charge in [0.2, 0.25) is 5.91 Å². The van der Waals surface area contributed by atoms with Gasteiger partial charge in [-0.3, -0.25) is 4.79 Å². The summed E-state index contributed by atoms with van der Waals surface area (Å²) in [4.78, 5) is 21.9. The number of ether oxygens (including phenoxy) is 2. The Morgan fingerprint density at radius 2 is 2.14 bits per heavy atom. The van der Waals surface area contributed by atoms with Crippen LogP contribution in [0.2, 0.25) is 0 Å². The second-order valence-electron chi connectivity index (χ2n) is 5.51. The van der Waals surface area contributed by atoms with E-state index in [0.29, 0.717) is 10.8 Å². The molecule has 29 heavy (non-hydrogen) atoms. The van der Waals surface area contributed by atoms with E-state index in [0.717, 1.165) is 10.6 Å². The van der Waals surface area contributed by atoms with E-state index >= 15 is 0 Å². The molecule has 0 spiro atoms.